The Morgan fingerprint density at radius 1 is 1.24 bits per heavy atom. The van der Waals surface area contributed by atoms with Crippen molar-refractivity contribution in [2.45, 2.75) is 6.92 Å². The number of H-pyrrole nitrogens is 1. The molecule has 2 aromatic heterocycles. The number of aromatic hydroxyl groups is 1. The van der Waals surface area contributed by atoms with Crippen molar-refractivity contribution >= 4 is 0 Å². The van der Waals surface area contributed by atoms with Crippen LogP contribution in [-0.2, 0) is 0 Å². The minimum atomic E-state index is 0.0673. The molecule has 0 aliphatic rings. The number of aromatic nitrogens is 4. The third kappa shape index (κ3) is 2.43. The average Bonchev–Trinajstić information content (AvgIpc) is 2.97. The summed E-state index contributed by atoms with van der Waals surface area (Å²) in [6, 6.07) is 8.81. The van der Waals surface area contributed by atoms with Crippen LogP contribution < -0.4 is 4.74 Å². The van der Waals surface area contributed by atoms with Gasteiger partial charge in [0.25, 0.3) is 0 Å². The van der Waals surface area contributed by atoms with Crippen LogP contribution in [0.3, 0.4) is 0 Å². The molecule has 1 aromatic carbocycles. The van der Waals surface area contributed by atoms with E-state index in [0.717, 1.165) is 11.3 Å². The standard InChI is InChI=1S/C15H14N4O2/c1-9-4-3-7-16-13(9)15-17-14(18-19-15)11-6-5-10(21-2)8-12(11)20/h3-8,20H,1-2H3,(H,17,18,19). The van der Waals surface area contributed by atoms with Gasteiger partial charge in [-0.2, -0.15) is 5.10 Å². The largest absolute Gasteiger partial charge is 0.507 e. The number of nitrogens with zero attached hydrogens (tertiary/aromatic N) is 3. The van der Waals surface area contributed by atoms with Crippen LogP contribution in [0.15, 0.2) is 36.5 Å². The van der Waals surface area contributed by atoms with Crippen molar-refractivity contribution in [2.75, 3.05) is 7.11 Å². The summed E-state index contributed by atoms with van der Waals surface area (Å²) in [5.74, 6) is 1.62. The molecule has 3 rings (SSSR count). The van der Waals surface area contributed by atoms with Crippen LogP contribution in [0, 0.1) is 6.92 Å². The average molecular weight is 282 g/mol. The first-order chi connectivity index (χ1) is 10.2. The molecule has 0 aliphatic heterocycles. The zero-order chi connectivity index (χ0) is 14.8. The van der Waals surface area contributed by atoms with E-state index in [4.69, 9.17) is 4.74 Å². The molecular formula is C15H14N4O2. The van der Waals surface area contributed by atoms with Crippen molar-refractivity contribution in [3.05, 3.63) is 42.1 Å². The minimum absolute atomic E-state index is 0.0673. The molecule has 0 bridgehead atoms. The van der Waals surface area contributed by atoms with E-state index in [-0.39, 0.29) is 5.75 Å². The number of ether oxygens (including phenoxy) is 1. The van der Waals surface area contributed by atoms with E-state index in [2.05, 4.69) is 20.2 Å². The molecule has 0 radical (unpaired) electrons. The third-order valence-electron chi connectivity index (χ3n) is 3.16. The zero-order valence-electron chi connectivity index (χ0n) is 11.7. The molecule has 6 heteroatoms. The molecule has 2 N–H and O–H groups in total. The van der Waals surface area contributed by atoms with Gasteiger partial charge in [0.15, 0.2) is 11.6 Å². The number of aryl methyl sites for hydroxylation is 1. The summed E-state index contributed by atoms with van der Waals surface area (Å²) < 4.78 is 5.06. The summed E-state index contributed by atoms with van der Waals surface area (Å²) in [7, 11) is 1.54. The molecule has 0 amide bonds. The van der Waals surface area contributed by atoms with Gasteiger partial charge in [0.2, 0.25) is 0 Å². The van der Waals surface area contributed by atoms with E-state index in [9.17, 15) is 5.11 Å². The lowest BCUT2D eigenvalue weighted by Gasteiger charge is -2.03. The Labute approximate surface area is 121 Å². The van der Waals surface area contributed by atoms with Crippen molar-refractivity contribution in [1.82, 2.24) is 20.2 Å². The van der Waals surface area contributed by atoms with Gasteiger partial charge in [0, 0.05) is 12.3 Å². The van der Waals surface area contributed by atoms with Crippen LogP contribution in [0.1, 0.15) is 5.56 Å². The van der Waals surface area contributed by atoms with Crippen LogP contribution >= 0.6 is 0 Å². The van der Waals surface area contributed by atoms with Gasteiger partial charge >= 0.3 is 0 Å². The van der Waals surface area contributed by atoms with Crippen LogP contribution in [0.2, 0.25) is 0 Å². The van der Waals surface area contributed by atoms with Gasteiger partial charge in [0.05, 0.1) is 12.7 Å². The van der Waals surface area contributed by atoms with Crippen molar-refractivity contribution in [3.63, 3.8) is 0 Å². The van der Waals surface area contributed by atoms with Crippen LogP contribution in [0.5, 0.6) is 11.5 Å². The second kappa shape index (κ2) is 5.24. The Balaban J connectivity index is 2.01. The van der Waals surface area contributed by atoms with Crippen molar-refractivity contribution in [2.24, 2.45) is 0 Å². The van der Waals surface area contributed by atoms with Crippen LogP contribution in [0.4, 0.5) is 0 Å². The molecule has 21 heavy (non-hydrogen) atoms. The van der Waals surface area contributed by atoms with Gasteiger partial charge in [-0.05, 0) is 30.7 Å². The number of aromatic amines is 1. The summed E-state index contributed by atoms with van der Waals surface area (Å²) in [5.41, 5.74) is 2.27. The number of nitrogens with one attached hydrogen (secondary N) is 1. The molecule has 2 heterocycles. The lowest BCUT2D eigenvalue weighted by Crippen LogP contribution is -1.89. The SMILES string of the molecule is COc1ccc(-c2n[nH]c(-c3ncccc3C)n2)c(O)c1. The van der Waals surface area contributed by atoms with E-state index in [1.807, 2.05) is 19.1 Å². The van der Waals surface area contributed by atoms with Gasteiger partial charge in [-0.1, -0.05) is 6.07 Å². The Kier molecular flexibility index (Phi) is 3.27. The smallest absolute Gasteiger partial charge is 0.185 e. The number of benzene rings is 1. The van der Waals surface area contributed by atoms with Crippen molar-refractivity contribution < 1.29 is 9.84 Å². The summed E-state index contributed by atoms with van der Waals surface area (Å²) >= 11 is 0. The predicted molar refractivity (Wildman–Crippen MR) is 78.0 cm³/mol. The predicted octanol–water partition coefficient (Wildman–Crippen LogP) is 2.56. The molecular weight excluding hydrogens is 268 g/mol. The van der Waals surface area contributed by atoms with E-state index in [1.165, 1.54) is 6.07 Å². The van der Waals surface area contributed by atoms with E-state index in [0.29, 0.717) is 23.0 Å². The quantitative estimate of drug-likeness (QED) is 0.771. The van der Waals surface area contributed by atoms with Crippen molar-refractivity contribution in [1.29, 1.82) is 0 Å². The summed E-state index contributed by atoms with van der Waals surface area (Å²) in [5, 5.41) is 17.0. The van der Waals surface area contributed by atoms with E-state index >= 15 is 0 Å². The first-order valence-corrected chi connectivity index (χ1v) is 6.41. The Morgan fingerprint density at radius 3 is 2.81 bits per heavy atom. The number of rotatable bonds is 3. The van der Waals surface area contributed by atoms with Gasteiger partial charge in [-0.3, -0.25) is 10.1 Å². The molecule has 3 aromatic rings. The Bertz CT molecular complexity index is 783. The fourth-order valence-electron chi connectivity index (χ4n) is 2.05. The van der Waals surface area contributed by atoms with Gasteiger partial charge in [0.1, 0.15) is 17.2 Å². The van der Waals surface area contributed by atoms with Gasteiger partial charge in [-0.15, -0.1) is 0 Å². The summed E-state index contributed by atoms with van der Waals surface area (Å²) in [4.78, 5) is 8.69. The second-order valence-electron chi connectivity index (χ2n) is 4.56. The second-order valence-corrected chi connectivity index (χ2v) is 4.56. The number of phenolic OH excluding ortho intramolecular Hbond substituents is 1. The number of hydrogen-bond donors (Lipinski definition) is 2. The molecule has 0 saturated heterocycles. The molecule has 0 unspecified atom stereocenters. The number of hydrogen-bond acceptors (Lipinski definition) is 5. The molecule has 0 atom stereocenters. The highest BCUT2D eigenvalue weighted by Gasteiger charge is 2.13. The lowest BCUT2D eigenvalue weighted by molar-refractivity contribution is 0.408. The first-order valence-electron chi connectivity index (χ1n) is 6.41. The van der Waals surface area contributed by atoms with Crippen molar-refractivity contribution in [3.8, 4) is 34.4 Å². The minimum Gasteiger partial charge on any atom is -0.507 e. The van der Waals surface area contributed by atoms with E-state index in [1.54, 1.807) is 25.4 Å². The number of phenols is 1. The molecule has 6 nitrogen and oxygen atoms in total. The summed E-state index contributed by atoms with van der Waals surface area (Å²) in [6.07, 6.45) is 1.70. The third-order valence-corrected chi connectivity index (χ3v) is 3.16. The maximum Gasteiger partial charge on any atom is 0.185 e. The highest BCUT2D eigenvalue weighted by Crippen LogP contribution is 2.31. The van der Waals surface area contributed by atoms with Crippen LogP contribution in [0.25, 0.3) is 22.9 Å². The van der Waals surface area contributed by atoms with Gasteiger partial charge in [-0.25, -0.2) is 4.98 Å². The monoisotopic (exact) mass is 282 g/mol. The maximum atomic E-state index is 10.0. The zero-order valence-corrected chi connectivity index (χ0v) is 11.7. The first kappa shape index (κ1) is 13.1. The van der Waals surface area contributed by atoms with Gasteiger partial charge < -0.3 is 9.84 Å². The number of pyridine rings is 1. The molecule has 106 valence electrons. The molecule has 0 saturated carbocycles. The Morgan fingerprint density at radius 2 is 2.10 bits per heavy atom. The molecule has 0 aliphatic carbocycles. The molecule has 0 fully saturated rings. The fraction of sp³-hybridized carbons (Fsp3) is 0.133. The van der Waals surface area contributed by atoms with E-state index < -0.39 is 0 Å². The maximum absolute atomic E-state index is 10.0. The normalized spacial score (nSPS) is 10.6. The highest BCUT2D eigenvalue weighted by molar-refractivity contribution is 5.67. The Hall–Kier alpha value is -2.89. The number of methoxy groups -OCH3 is 1. The van der Waals surface area contributed by atoms with Crippen LogP contribution in [-0.4, -0.2) is 32.4 Å². The summed E-state index contributed by atoms with van der Waals surface area (Å²) in [6.45, 7) is 1.95. The highest BCUT2D eigenvalue weighted by atomic mass is 16.5. The topological polar surface area (TPSA) is 83.9 Å². The fourth-order valence-corrected chi connectivity index (χ4v) is 2.05. The lowest BCUT2D eigenvalue weighted by atomic mass is 10.2. The molecule has 0 spiro atoms.